The largest absolute Gasteiger partial charge is 0.310 e. The van der Waals surface area contributed by atoms with Gasteiger partial charge in [0.05, 0.1) is 0 Å². The summed E-state index contributed by atoms with van der Waals surface area (Å²) in [5, 5.41) is 0. The van der Waals surface area contributed by atoms with Crippen LogP contribution in [0.2, 0.25) is 0 Å². The summed E-state index contributed by atoms with van der Waals surface area (Å²) in [7, 11) is 0. The van der Waals surface area contributed by atoms with E-state index in [1.807, 2.05) is 0 Å². The second-order valence-electron chi connectivity index (χ2n) is 11.1. The Morgan fingerprint density at radius 3 is 1.22 bits per heavy atom. The number of nitrogens with zero attached hydrogens (tertiary/aromatic N) is 2. The summed E-state index contributed by atoms with van der Waals surface area (Å²) in [6.07, 6.45) is 4.38. The molecule has 0 aliphatic rings. The number of benzene rings is 5. The van der Waals surface area contributed by atoms with Crippen LogP contribution >= 0.6 is 0 Å². The lowest BCUT2D eigenvalue weighted by Gasteiger charge is -2.34. The molecule has 0 aliphatic heterocycles. The molecule has 5 aromatic carbocycles. The van der Waals surface area contributed by atoms with Crippen molar-refractivity contribution >= 4 is 34.1 Å². The van der Waals surface area contributed by atoms with Crippen LogP contribution in [-0.4, -0.2) is 0 Å². The Hall–Kier alpha value is -4.30. The monoisotopic (exact) mass is 538 g/mol. The fraction of sp³-hybridized carbons (Fsp3) is 0.231. The van der Waals surface area contributed by atoms with Crippen LogP contribution in [0.5, 0.6) is 0 Å². The van der Waals surface area contributed by atoms with Gasteiger partial charge < -0.3 is 9.80 Å². The van der Waals surface area contributed by atoms with Crippen molar-refractivity contribution in [3.8, 4) is 0 Å². The van der Waals surface area contributed by atoms with E-state index in [0.29, 0.717) is 0 Å². The highest BCUT2D eigenvalue weighted by Crippen LogP contribution is 2.44. The number of hydrogen-bond acceptors (Lipinski definition) is 2. The maximum Gasteiger partial charge on any atom is 0.0485 e. The van der Waals surface area contributed by atoms with E-state index in [9.17, 15) is 0 Å². The highest BCUT2D eigenvalue weighted by atomic mass is 15.2. The number of para-hydroxylation sites is 3. The van der Waals surface area contributed by atoms with Crippen molar-refractivity contribution in [2.24, 2.45) is 0 Å². The summed E-state index contributed by atoms with van der Waals surface area (Å²) >= 11 is 0. The predicted octanol–water partition coefficient (Wildman–Crippen LogP) is 11.7. The second-order valence-corrected chi connectivity index (χ2v) is 11.1. The molecule has 41 heavy (non-hydrogen) atoms. The Bertz CT molecular complexity index is 1470. The van der Waals surface area contributed by atoms with Gasteiger partial charge in [-0.15, -0.1) is 0 Å². The van der Waals surface area contributed by atoms with Crippen LogP contribution in [0.4, 0.5) is 34.1 Å². The third-order valence-electron chi connectivity index (χ3n) is 8.45. The fourth-order valence-electron chi connectivity index (χ4n) is 5.59. The predicted molar refractivity (Wildman–Crippen MR) is 178 cm³/mol. The molecule has 0 saturated heterocycles. The van der Waals surface area contributed by atoms with Crippen molar-refractivity contribution in [2.75, 3.05) is 9.80 Å². The lowest BCUT2D eigenvalue weighted by atomic mass is 9.77. The molecule has 2 heteroatoms. The first-order chi connectivity index (χ1) is 20.1. The summed E-state index contributed by atoms with van der Waals surface area (Å²) in [4.78, 5) is 4.79. The van der Waals surface area contributed by atoms with E-state index in [0.717, 1.165) is 54.1 Å². The third-order valence-corrected chi connectivity index (χ3v) is 8.45. The average molecular weight is 539 g/mol. The van der Waals surface area contributed by atoms with Crippen molar-refractivity contribution in [3.05, 3.63) is 145 Å². The van der Waals surface area contributed by atoms with Gasteiger partial charge in [-0.2, -0.15) is 0 Å². The topological polar surface area (TPSA) is 6.48 Å². The molecule has 0 heterocycles. The molecule has 208 valence electrons. The van der Waals surface area contributed by atoms with Gasteiger partial charge >= 0.3 is 0 Å². The van der Waals surface area contributed by atoms with E-state index in [1.165, 1.54) is 16.8 Å². The number of hydrogen-bond donors (Lipinski definition) is 0. The van der Waals surface area contributed by atoms with Gasteiger partial charge in [0.15, 0.2) is 0 Å². The molecule has 5 aromatic rings. The summed E-state index contributed by atoms with van der Waals surface area (Å²) in [5.74, 6) is 0. The number of rotatable bonds is 11. The smallest absolute Gasteiger partial charge is 0.0485 e. The minimum atomic E-state index is 0.0527. The Morgan fingerprint density at radius 2 is 0.854 bits per heavy atom. The molecule has 0 aromatic heterocycles. The zero-order valence-corrected chi connectivity index (χ0v) is 24.9. The van der Waals surface area contributed by atoms with E-state index in [2.05, 4.69) is 171 Å². The van der Waals surface area contributed by atoms with Gasteiger partial charge in [-0.05, 0) is 103 Å². The quantitative estimate of drug-likeness (QED) is 0.165. The fourth-order valence-corrected chi connectivity index (χ4v) is 5.59. The molecule has 0 aliphatic carbocycles. The Morgan fingerprint density at radius 1 is 0.463 bits per heavy atom. The van der Waals surface area contributed by atoms with Crippen LogP contribution in [0.1, 0.15) is 58.1 Å². The summed E-state index contributed by atoms with van der Waals surface area (Å²) < 4.78 is 0. The van der Waals surface area contributed by atoms with Crippen molar-refractivity contribution in [3.63, 3.8) is 0 Å². The minimum Gasteiger partial charge on any atom is -0.310 e. The Kier molecular flexibility index (Phi) is 8.89. The molecule has 0 saturated carbocycles. The van der Waals surface area contributed by atoms with Gasteiger partial charge in [-0.3, -0.25) is 0 Å². The minimum absolute atomic E-state index is 0.0527. The first-order valence-corrected chi connectivity index (χ1v) is 15.1. The highest BCUT2D eigenvalue weighted by Gasteiger charge is 2.26. The maximum absolute atomic E-state index is 2.41. The van der Waals surface area contributed by atoms with E-state index in [4.69, 9.17) is 0 Å². The Labute approximate surface area is 246 Å². The van der Waals surface area contributed by atoms with Crippen LogP contribution in [0, 0.1) is 0 Å². The normalized spacial score (nSPS) is 11.3. The molecule has 2 nitrogen and oxygen atoms in total. The summed E-state index contributed by atoms with van der Waals surface area (Å²) in [5.41, 5.74) is 9.72. The molecule has 0 radical (unpaired) electrons. The molecule has 0 unspecified atom stereocenters. The molecular formula is C39H42N2. The van der Waals surface area contributed by atoms with E-state index in [1.54, 1.807) is 0 Å². The van der Waals surface area contributed by atoms with Gasteiger partial charge in [-0.25, -0.2) is 0 Å². The molecule has 0 fully saturated rings. The van der Waals surface area contributed by atoms with Crippen LogP contribution < -0.4 is 9.80 Å². The molecule has 0 amide bonds. The zero-order valence-electron chi connectivity index (χ0n) is 24.9. The highest BCUT2D eigenvalue weighted by molar-refractivity contribution is 5.83. The standard InChI is InChI=1S/C39H42N2/c1-5-17-31-24-26-36(27-25-31)41(35-22-15-10-16-23-35)38-29-32(39(4,6-2)7-3)28-37(30-38)40(33-18-11-8-12-19-33)34-20-13-9-14-21-34/h8-16,18-30H,5-7,17H2,1-4H3. The lowest BCUT2D eigenvalue weighted by Crippen LogP contribution is -2.22. The van der Waals surface area contributed by atoms with Gasteiger partial charge in [0.25, 0.3) is 0 Å². The number of anilines is 6. The third kappa shape index (κ3) is 6.23. The van der Waals surface area contributed by atoms with Gasteiger partial charge in [0, 0.05) is 34.1 Å². The van der Waals surface area contributed by atoms with Gasteiger partial charge in [0.1, 0.15) is 0 Å². The molecule has 5 rings (SSSR count). The van der Waals surface area contributed by atoms with Crippen molar-refractivity contribution < 1.29 is 0 Å². The maximum atomic E-state index is 2.41. The molecule has 0 spiro atoms. The van der Waals surface area contributed by atoms with Crippen molar-refractivity contribution in [1.29, 1.82) is 0 Å². The average Bonchev–Trinajstić information content (AvgIpc) is 3.03. The molecule has 0 atom stereocenters. The van der Waals surface area contributed by atoms with E-state index in [-0.39, 0.29) is 5.41 Å². The first-order valence-electron chi connectivity index (χ1n) is 15.1. The SMILES string of the molecule is CCCc1ccc(N(c2ccccc2)c2cc(N(c3ccccc3)c3ccccc3)cc(C(C)(CC)CC)c2)cc1. The summed E-state index contributed by atoms with van der Waals surface area (Å²) in [6.45, 7) is 9.26. The lowest BCUT2D eigenvalue weighted by molar-refractivity contribution is 0.439. The first kappa shape index (κ1) is 28.2. The van der Waals surface area contributed by atoms with E-state index >= 15 is 0 Å². The van der Waals surface area contributed by atoms with Crippen LogP contribution in [0.3, 0.4) is 0 Å². The van der Waals surface area contributed by atoms with Gasteiger partial charge in [0.2, 0.25) is 0 Å². The molecule has 0 bridgehead atoms. The van der Waals surface area contributed by atoms with Crippen LogP contribution in [0.25, 0.3) is 0 Å². The molecular weight excluding hydrogens is 496 g/mol. The van der Waals surface area contributed by atoms with Crippen LogP contribution in [0.15, 0.2) is 133 Å². The zero-order chi connectivity index (χ0) is 28.7. The van der Waals surface area contributed by atoms with Crippen molar-refractivity contribution in [1.82, 2.24) is 0 Å². The molecule has 0 N–H and O–H groups in total. The van der Waals surface area contributed by atoms with Crippen LogP contribution in [-0.2, 0) is 11.8 Å². The van der Waals surface area contributed by atoms with Crippen molar-refractivity contribution in [2.45, 2.75) is 58.8 Å². The summed E-state index contributed by atoms with van der Waals surface area (Å²) in [6, 6.07) is 48.4. The Balaban J connectivity index is 1.76. The van der Waals surface area contributed by atoms with E-state index < -0.39 is 0 Å². The second kappa shape index (κ2) is 12.9. The van der Waals surface area contributed by atoms with Gasteiger partial charge in [-0.1, -0.05) is 101 Å². The number of aryl methyl sites for hydroxylation is 1.